The molecule has 0 aliphatic carbocycles. The van der Waals surface area contributed by atoms with Gasteiger partial charge >= 0.3 is 0 Å². The van der Waals surface area contributed by atoms with E-state index in [1.165, 1.54) is 57.1 Å². The summed E-state index contributed by atoms with van der Waals surface area (Å²) in [7, 11) is 0. The average Bonchev–Trinajstić information content (AvgIpc) is 2.85. The zero-order valence-corrected chi connectivity index (χ0v) is 11.9. The topological polar surface area (TPSA) is 24.9 Å². The zero-order valence-electron chi connectivity index (χ0n) is 11.1. The quantitative estimate of drug-likeness (QED) is 0.593. The van der Waals surface area contributed by atoms with Crippen LogP contribution in [0.1, 0.15) is 64.0 Å². The third-order valence-electron chi connectivity index (χ3n) is 3.00. The molecule has 0 saturated heterocycles. The Bertz CT molecular complexity index is 247. The van der Waals surface area contributed by atoms with Gasteiger partial charge in [-0.1, -0.05) is 51.9 Å². The average molecular weight is 254 g/mol. The van der Waals surface area contributed by atoms with Crippen LogP contribution < -0.4 is 5.32 Å². The van der Waals surface area contributed by atoms with E-state index in [0.717, 1.165) is 13.1 Å². The van der Waals surface area contributed by atoms with Crippen LogP contribution in [-0.4, -0.2) is 11.5 Å². The molecule has 0 radical (unpaired) electrons. The second-order valence-corrected chi connectivity index (χ2v) is 5.35. The molecule has 0 unspecified atom stereocenters. The summed E-state index contributed by atoms with van der Waals surface area (Å²) in [6, 6.07) is 0. The molecular weight excluding hydrogens is 228 g/mol. The number of hydrogen-bond acceptors (Lipinski definition) is 3. The number of nitrogens with one attached hydrogen (secondary N) is 1. The molecule has 0 atom stereocenters. The Kier molecular flexibility index (Phi) is 9.24. The van der Waals surface area contributed by atoms with Crippen LogP contribution in [0, 0.1) is 0 Å². The van der Waals surface area contributed by atoms with Gasteiger partial charge in [0, 0.05) is 11.9 Å². The molecule has 0 aromatic carbocycles. The minimum absolute atomic E-state index is 0.931. The molecule has 0 spiro atoms. The van der Waals surface area contributed by atoms with Crippen molar-refractivity contribution >= 4 is 11.3 Å². The molecule has 0 bridgehead atoms. The van der Waals surface area contributed by atoms with Gasteiger partial charge in [0.1, 0.15) is 0 Å². The lowest BCUT2D eigenvalue weighted by Crippen LogP contribution is -2.14. The van der Waals surface area contributed by atoms with E-state index in [4.69, 9.17) is 0 Å². The van der Waals surface area contributed by atoms with Crippen molar-refractivity contribution in [2.24, 2.45) is 0 Å². The number of nitrogens with zero attached hydrogens (tertiary/aromatic N) is 1. The highest BCUT2D eigenvalue weighted by atomic mass is 32.1. The third kappa shape index (κ3) is 8.33. The van der Waals surface area contributed by atoms with Crippen LogP contribution in [0.15, 0.2) is 10.9 Å². The zero-order chi connectivity index (χ0) is 12.2. The molecule has 1 aromatic rings. The molecule has 17 heavy (non-hydrogen) atoms. The van der Waals surface area contributed by atoms with Gasteiger partial charge in [0.15, 0.2) is 0 Å². The van der Waals surface area contributed by atoms with Crippen molar-refractivity contribution in [3.05, 3.63) is 16.6 Å². The van der Waals surface area contributed by atoms with Crippen molar-refractivity contribution in [2.45, 2.75) is 64.8 Å². The van der Waals surface area contributed by atoms with Crippen LogP contribution >= 0.6 is 11.3 Å². The van der Waals surface area contributed by atoms with Crippen molar-refractivity contribution in [1.82, 2.24) is 10.3 Å². The lowest BCUT2D eigenvalue weighted by atomic mass is 10.1. The van der Waals surface area contributed by atoms with Gasteiger partial charge in [-0.25, -0.2) is 4.98 Å². The van der Waals surface area contributed by atoms with E-state index in [-0.39, 0.29) is 0 Å². The van der Waals surface area contributed by atoms with Crippen molar-refractivity contribution in [3.63, 3.8) is 0 Å². The van der Waals surface area contributed by atoms with E-state index < -0.39 is 0 Å². The van der Waals surface area contributed by atoms with E-state index >= 15 is 0 Å². The third-order valence-corrected chi connectivity index (χ3v) is 3.63. The molecular formula is C14H26N2S. The molecule has 0 aliphatic rings. The van der Waals surface area contributed by atoms with Crippen LogP contribution in [0.25, 0.3) is 0 Å². The van der Waals surface area contributed by atoms with Crippen molar-refractivity contribution < 1.29 is 0 Å². The Morgan fingerprint density at radius 3 is 2.41 bits per heavy atom. The first-order valence-electron chi connectivity index (χ1n) is 7.01. The highest BCUT2D eigenvalue weighted by Crippen LogP contribution is 2.08. The van der Waals surface area contributed by atoms with Gasteiger partial charge in [-0.05, 0) is 13.0 Å². The summed E-state index contributed by atoms with van der Waals surface area (Å²) in [6.45, 7) is 4.33. The van der Waals surface area contributed by atoms with Gasteiger partial charge in [0.25, 0.3) is 0 Å². The summed E-state index contributed by atoms with van der Waals surface area (Å²) in [5.74, 6) is 0. The van der Waals surface area contributed by atoms with Crippen LogP contribution in [0.2, 0.25) is 0 Å². The van der Waals surface area contributed by atoms with Gasteiger partial charge in [0.05, 0.1) is 11.2 Å². The lowest BCUT2D eigenvalue weighted by molar-refractivity contribution is 0.554. The number of hydrogen-bond donors (Lipinski definition) is 1. The minimum atomic E-state index is 0.931. The van der Waals surface area contributed by atoms with E-state index in [0.29, 0.717) is 0 Å². The molecule has 0 amide bonds. The fourth-order valence-electron chi connectivity index (χ4n) is 1.93. The molecule has 0 saturated carbocycles. The summed E-state index contributed by atoms with van der Waals surface area (Å²) in [5.41, 5.74) is 3.07. The Morgan fingerprint density at radius 1 is 1.06 bits per heavy atom. The summed E-state index contributed by atoms with van der Waals surface area (Å²) < 4.78 is 0. The first-order valence-corrected chi connectivity index (χ1v) is 7.95. The maximum absolute atomic E-state index is 4.25. The number of rotatable bonds is 11. The SMILES string of the molecule is CCCCCCCCCCNCc1cscn1. The van der Waals surface area contributed by atoms with E-state index in [9.17, 15) is 0 Å². The predicted molar refractivity (Wildman–Crippen MR) is 76.4 cm³/mol. The fraction of sp³-hybridized carbons (Fsp3) is 0.786. The first kappa shape index (κ1) is 14.7. The maximum atomic E-state index is 4.25. The molecule has 1 rings (SSSR count). The van der Waals surface area contributed by atoms with Crippen LogP contribution in [0.5, 0.6) is 0 Å². The summed E-state index contributed by atoms with van der Waals surface area (Å²) in [4.78, 5) is 4.25. The Labute approximate surface area is 110 Å². The highest BCUT2D eigenvalue weighted by Gasteiger charge is 1.94. The van der Waals surface area contributed by atoms with Crippen molar-refractivity contribution in [1.29, 1.82) is 0 Å². The largest absolute Gasteiger partial charge is 0.311 e. The highest BCUT2D eigenvalue weighted by molar-refractivity contribution is 7.07. The molecule has 0 fully saturated rings. The second kappa shape index (κ2) is 10.7. The van der Waals surface area contributed by atoms with Crippen LogP contribution in [0.4, 0.5) is 0 Å². The summed E-state index contributed by atoms with van der Waals surface area (Å²) in [6.07, 6.45) is 11.1. The molecule has 98 valence electrons. The lowest BCUT2D eigenvalue weighted by Gasteiger charge is -2.03. The number of aromatic nitrogens is 1. The van der Waals surface area contributed by atoms with E-state index in [1.807, 2.05) is 5.51 Å². The predicted octanol–water partition coefficient (Wildman–Crippen LogP) is 4.37. The van der Waals surface area contributed by atoms with Crippen molar-refractivity contribution in [2.75, 3.05) is 6.54 Å². The van der Waals surface area contributed by atoms with E-state index in [2.05, 4.69) is 22.6 Å². The molecule has 1 aromatic heterocycles. The molecule has 1 N–H and O–H groups in total. The second-order valence-electron chi connectivity index (χ2n) is 4.63. The van der Waals surface area contributed by atoms with Crippen molar-refractivity contribution in [3.8, 4) is 0 Å². The molecule has 0 aliphatic heterocycles. The van der Waals surface area contributed by atoms with Crippen LogP contribution in [0.3, 0.4) is 0 Å². The molecule has 1 heterocycles. The normalized spacial score (nSPS) is 10.9. The maximum Gasteiger partial charge on any atom is 0.0795 e. The van der Waals surface area contributed by atoms with Gasteiger partial charge < -0.3 is 5.32 Å². The van der Waals surface area contributed by atoms with Gasteiger partial charge in [0.2, 0.25) is 0 Å². The summed E-state index contributed by atoms with van der Waals surface area (Å²) >= 11 is 1.67. The Morgan fingerprint density at radius 2 is 1.76 bits per heavy atom. The van der Waals surface area contributed by atoms with Crippen LogP contribution in [-0.2, 0) is 6.54 Å². The standard InChI is InChI=1S/C14H26N2S/c1-2-3-4-5-6-7-8-9-10-15-11-14-12-17-13-16-14/h12-13,15H,2-11H2,1H3. The molecule has 3 heteroatoms. The number of unbranched alkanes of at least 4 members (excludes halogenated alkanes) is 7. The molecule has 2 nitrogen and oxygen atoms in total. The van der Waals surface area contributed by atoms with E-state index in [1.54, 1.807) is 11.3 Å². The van der Waals surface area contributed by atoms with Gasteiger partial charge in [-0.3, -0.25) is 0 Å². The summed E-state index contributed by atoms with van der Waals surface area (Å²) in [5, 5.41) is 5.55. The Balaban J connectivity index is 1.76. The van der Waals surface area contributed by atoms with Gasteiger partial charge in [-0.2, -0.15) is 0 Å². The Hall–Kier alpha value is -0.410. The first-order chi connectivity index (χ1) is 8.43. The smallest absolute Gasteiger partial charge is 0.0795 e. The number of thiazole rings is 1. The van der Waals surface area contributed by atoms with Gasteiger partial charge in [-0.15, -0.1) is 11.3 Å². The minimum Gasteiger partial charge on any atom is -0.311 e. The monoisotopic (exact) mass is 254 g/mol. The fourth-order valence-corrected chi connectivity index (χ4v) is 2.48.